The van der Waals surface area contributed by atoms with E-state index in [9.17, 15) is 18.0 Å². The molecule has 10 heteroatoms. The predicted octanol–water partition coefficient (Wildman–Crippen LogP) is 6.53. The highest BCUT2D eigenvalue weighted by Crippen LogP contribution is 2.31. The van der Waals surface area contributed by atoms with E-state index in [1.165, 1.54) is 6.20 Å². The van der Waals surface area contributed by atoms with E-state index < -0.39 is 34.6 Å². The number of pyridine rings is 2. The zero-order valence-electron chi connectivity index (χ0n) is 17.7. The molecule has 0 amide bonds. The number of halogens is 4. The van der Waals surface area contributed by atoms with E-state index in [1.807, 2.05) is 6.07 Å². The Morgan fingerprint density at radius 3 is 2.57 bits per heavy atom. The Kier molecular flexibility index (Phi) is 5.96. The molecule has 174 valence electrons. The van der Waals surface area contributed by atoms with E-state index in [1.54, 1.807) is 30.7 Å². The lowest BCUT2D eigenvalue weighted by atomic mass is 10.00. The Balaban J connectivity index is 1.50. The topological polar surface area (TPSA) is 70.7 Å². The summed E-state index contributed by atoms with van der Waals surface area (Å²) in [5.74, 6) is -4.53. The normalized spacial score (nSPS) is 11.1. The van der Waals surface area contributed by atoms with E-state index in [4.69, 9.17) is 0 Å². The summed E-state index contributed by atoms with van der Waals surface area (Å²) in [6.07, 6.45) is 6.18. The number of nitrogens with zero attached hydrogens (tertiary/aromatic N) is 2. The van der Waals surface area contributed by atoms with Gasteiger partial charge in [-0.05, 0) is 54.4 Å². The smallest absolute Gasteiger partial charge is 0.201 e. The van der Waals surface area contributed by atoms with Crippen molar-refractivity contribution < 1.29 is 22.4 Å². The number of hydrogen-bond donors (Lipinski definition) is 2. The summed E-state index contributed by atoms with van der Waals surface area (Å²) < 4.78 is 59.7. The minimum atomic E-state index is -1.16. The van der Waals surface area contributed by atoms with Gasteiger partial charge in [0.2, 0.25) is 5.78 Å². The minimum absolute atomic E-state index is 0.0250. The Labute approximate surface area is 200 Å². The van der Waals surface area contributed by atoms with E-state index in [0.29, 0.717) is 28.5 Å². The summed E-state index contributed by atoms with van der Waals surface area (Å²) in [7, 11) is 0. The average Bonchev–Trinajstić information content (AvgIpc) is 3.29. The molecule has 5 nitrogen and oxygen atoms in total. The van der Waals surface area contributed by atoms with Crippen LogP contribution in [0.4, 0.5) is 23.2 Å². The van der Waals surface area contributed by atoms with Gasteiger partial charge < -0.3 is 9.71 Å². The van der Waals surface area contributed by atoms with Gasteiger partial charge in [-0.25, -0.2) is 22.5 Å². The molecule has 0 bridgehead atoms. The molecular formula is C25H14F4N4OS. The van der Waals surface area contributed by atoms with Crippen molar-refractivity contribution in [1.82, 2.24) is 15.0 Å². The van der Waals surface area contributed by atoms with Crippen LogP contribution in [0.3, 0.4) is 0 Å². The number of H-pyrrole nitrogens is 1. The molecular weight excluding hydrogens is 480 g/mol. The molecule has 35 heavy (non-hydrogen) atoms. The summed E-state index contributed by atoms with van der Waals surface area (Å²) in [5.41, 5.74) is 0.765. The van der Waals surface area contributed by atoms with Crippen molar-refractivity contribution >= 4 is 34.5 Å². The second-order valence-corrected chi connectivity index (χ2v) is 8.30. The molecule has 5 rings (SSSR count). The molecule has 3 aromatic heterocycles. The van der Waals surface area contributed by atoms with Gasteiger partial charge in [-0.15, -0.1) is 0 Å². The van der Waals surface area contributed by atoms with Crippen molar-refractivity contribution in [1.29, 1.82) is 0 Å². The van der Waals surface area contributed by atoms with Gasteiger partial charge in [0, 0.05) is 46.9 Å². The van der Waals surface area contributed by atoms with Crippen LogP contribution in [0.2, 0.25) is 0 Å². The van der Waals surface area contributed by atoms with Gasteiger partial charge in [0.25, 0.3) is 0 Å². The Bertz CT molecular complexity index is 1570. The minimum Gasteiger partial charge on any atom is -0.345 e. The van der Waals surface area contributed by atoms with Crippen molar-refractivity contribution in [3.8, 4) is 11.1 Å². The standard InChI is InChI=1S/C25H14F4N4OS/c26-15-3-4-18(27)21(9-15)35-33-20-6-5-19(28)22(23(20)29)24(34)17-12-32-25-16(17)8-14(11-31-25)13-2-1-7-30-10-13/h1-12,33H,(H,31,32). The Hall–Kier alpha value is -4.18. The van der Waals surface area contributed by atoms with Crippen molar-refractivity contribution in [2.45, 2.75) is 4.90 Å². The first-order valence-electron chi connectivity index (χ1n) is 10.2. The second-order valence-electron chi connectivity index (χ2n) is 7.46. The zero-order chi connectivity index (χ0) is 24.5. The highest BCUT2D eigenvalue weighted by molar-refractivity contribution is 8.00. The van der Waals surface area contributed by atoms with Gasteiger partial charge in [-0.1, -0.05) is 6.07 Å². The summed E-state index contributed by atoms with van der Waals surface area (Å²) in [5, 5.41) is 0.379. The average molecular weight is 494 g/mol. The summed E-state index contributed by atoms with van der Waals surface area (Å²) in [6.45, 7) is 0. The lowest BCUT2D eigenvalue weighted by molar-refractivity contribution is 0.103. The number of aromatic amines is 1. The number of benzene rings is 2. The summed E-state index contributed by atoms with van der Waals surface area (Å²) in [4.78, 5) is 24.3. The maximum Gasteiger partial charge on any atom is 0.201 e. The second kappa shape index (κ2) is 9.22. The molecule has 2 aromatic carbocycles. The van der Waals surface area contributed by atoms with Crippen LogP contribution in [-0.2, 0) is 0 Å². The number of anilines is 1. The van der Waals surface area contributed by atoms with Gasteiger partial charge in [0.05, 0.1) is 16.1 Å². The maximum absolute atomic E-state index is 15.3. The van der Waals surface area contributed by atoms with Gasteiger partial charge in [-0.3, -0.25) is 9.78 Å². The first kappa shape index (κ1) is 22.6. The Morgan fingerprint density at radius 1 is 0.943 bits per heavy atom. The van der Waals surface area contributed by atoms with Crippen LogP contribution in [-0.4, -0.2) is 20.7 Å². The number of nitrogens with one attached hydrogen (secondary N) is 2. The monoisotopic (exact) mass is 494 g/mol. The molecule has 0 radical (unpaired) electrons. The lowest BCUT2D eigenvalue weighted by Gasteiger charge is -2.11. The third-order valence-electron chi connectivity index (χ3n) is 5.25. The fraction of sp³-hybridized carbons (Fsp3) is 0. The number of rotatable bonds is 6. The maximum atomic E-state index is 15.3. The largest absolute Gasteiger partial charge is 0.345 e. The van der Waals surface area contributed by atoms with Gasteiger partial charge in [-0.2, -0.15) is 0 Å². The first-order chi connectivity index (χ1) is 16.9. The molecule has 0 spiro atoms. The molecule has 0 fully saturated rings. The third-order valence-corrected chi connectivity index (χ3v) is 6.11. The van der Waals surface area contributed by atoms with Crippen LogP contribution in [0.15, 0.2) is 78.2 Å². The molecule has 0 saturated carbocycles. The van der Waals surface area contributed by atoms with Gasteiger partial charge in [0.1, 0.15) is 23.1 Å². The Morgan fingerprint density at radius 2 is 1.77 bits per heavy atom. The van der Waals surface area contributed by atoms with E-state index >= 15 is 4.39 Å². The number of hydrogen-bond acceptors (Lipinski definition) is 5. The van der Waals surface area contributed by atoms with Crippen LogP contribution in [0.1, 0.15) is 15.9 Å². The molecule has 5 aromatic rings. The molecule has 0 aliphatic heterocycles. The van der Waals surface area contributed by atoms with Crippen LogP contribution >= 0.6 is 11.9 Å². The highest BCUT2D eigenvalue weighted by Gasteiger charge is 2.25. The number of fused-ring (bicyclic) bond motifs is 1. The fourth-order valence-electron chi connectivity index (χ4n) is 3.52. The van der Waals surface area contributed by atoms with E-state index in [-0.39, 0.29) is 16.1 Å². The van der Waals surface area contributed by atoms with Crippen LogP contribution in [0, 0.1) is 23.3 Å². The highest BCUT2D eigenvalue weighted by atomic mass is 32.2. The van der Waals surface area contributed by atoms with Crippen molar-refractivity contribution in [3.05, 3.63) is 108 Å². The number of carbonyl (C=O) groups is 1. The zero-order valence-corrected chi connectivity index (χ0v) is 18.5. The molecule has 0 unspecified atom stereocenters. The van der Waals surface area contributed by atoms with Crippen molar-refractivity contribution in [3.63, 3.8) is 0 Å². The van der Waals surface area contributed by atoms with E-state index in [2.05, 4.69) is 19.7 Å². The van der Waals surface area contributed by atoms with Crippen LogP contribution < -0.4 is 4.72 Å². The quantitative estimate of drug-likeness (QED) is 0.160. The molecule has 0 saturated heterocycles. The third kappa shape index (κ3) is 4.35. The number of aromatic nitrogens is 3. The lowest BCUT2D eigenvalue weighted by Crippen LogP contribution is -2.09. The van der Waals surface area contributed by atoms with Gasteiger partial charge >= 0.3 is 0 Å². The molecule has 3 heterocycles. The fourth-order valence-corrected chi connectivity index (χ4v) is 4.24. The molecule has 0 aliphatic carbocycles. The SMILES string of the molecule is O=C(c1c(F)ccc(NSc2cc(F)ccc2F)c1F)c1c[nH]c2ncc(-c3cccnc3)cc12. The van der Waals surface area contributed by atoms with Crippen molar-refractivity contribution in [2.24, 2.45) is 0 Å². The van der Waals surface area contributed by atoms with E-state index in [0.717, 1.165) is 35.9 Å². The van der Waals surface area contributed by atoms with Crippen molar-refractivity contribution in [2.75, 3.05) is 4.72 Å². The summed E-state index contributed by atoms with van der Waals surface area (Å²) in [6, 6.07) is 10.1. The first-order valence-corrected chi connectivity index (χ1v) is 11.0. The number of ketones is 1. The van der Waals surface area contributed by atoms with Crippen LogP contribution in [0.5, 0.6) is 0 Å². The molecule has 0 atom stereocenters. The van der Waals surface area contributed by atoms with Crippen LogP contribution in [0.25, 0.3) is 22.2 Å². The predicted molar refractivity (Wildman–Crippen MR) is 125 cm³/mol. The summed E-state index contributed by atoms with van der Waals surface area (Å²) >= 11 is 0.594. The number of carbonyl (C=O) groups excluding carboxylic acids is 1. The van der Waals surface area contributed by atoms with Gasteiger partial charge in [0.15, 0.2) is 5.82 Å². The molecule has 0 aliphatic rings. The molecule has 2 N–H and O–H groups in total.